The molecule has 0 spiro atoms. The lowest BCUT2D eigenvalue weighted by Gasteiger charge is -2.57. The zero-order valence-electron chi connectivity index (χ0n) is 15.5. The van der Waals surface area contributed by atoms with Gasteiger partial charge in [-0.3, -0.25) is 9.59 Å². The van der Waals surface area contributed by atoms with Crippen molar-refractivity contribution >= 4 is 11.8 Å². The van der Waals surface area contributed by atoms with Crippen LogP contribution < -0.4 is 15.5 Å². The quantitative estimate of drug-likeness (QED) is 0.634. The van der Waals surface area contributed by atoms with E-state index in [-0.39, 0.29) is 23.4 Å². The lowest BCUT2D eigenvalue weighted by atomic mass is 9.53. The van der Waals surface area contributed by atoms with Crippen LogP contribution in [0.4, 0.5) is 0 Å². The van der Waals surface area contributed by atoms with Crippen molar-refractivity contribution in [3.63, 3.8) is 0 Å². The summed E-state index contributed by atoms with van der Waals surface area (Å²) in [6.45, 7) is 7.74. The van der Waals surface area contributed by atoms with Gasteiger partial charge in [0.25, 0.3) is 11.8 Å². The fourth-order valence-electron chi connectivity index (χ4n) is 5.87. The summed E-state index contributed by atoms with van der Waals surface area (Å²) in [5, 5.41) is 6.29. The van der Waals surface area contributed by atoms with Crippen LogP contribution in [0.5, 0.6) is 0 Å². The zero-order chi connectivity index (χ0) is 17.3. The van der Waals surface area contributed by atoms with Gasteiger partial charge in [0.15, 0.2) is 12.6 Å². The first-order valence-electron chi connectivity index (χ1n) is 9.88. The molecule has 4 aliphatic carbocycles. The van der Waals surface area contributed by atoms with Gasteiger partial charge in [-0.05, 0) is 77.0 Å². The summed E-state index contributed by atoms with van der Waals surface area (Å²) >= 11 is 0. The number of carbonyl (C=O) groups is 2. The zero-order valence-corrected chi connectivity index (χ0v) is 15.5. The van der Waals surface area contributed by atoms with Gasteiger partial charge >= 0.3 is 0 Å². The van der Waals surface area contributed by atoms with Crippen molar-refractivity contribution in [3.8, 4) is 0 Å². The molecule has 0 aromatic heterocycles. The molecule has 4 bridgehead atoms. The fourth-order valence-corrected chi connectivity index (χ4v) is 5.87. The van der Waals surface area contributed by atoms with Gasteiger partial charge in [0, 0.05) is 12.1 Å². The smallest absolute Gasteiger partial charge is 0.278 e. The third kappa shape index (κ3) is 3.61. The first-order valence-corrected chi connectivity index (χ1v) is 9.88. The van der Waals surface area contributed by atoms with Crippen LogP contribution in [0, 0.1) is 17.8 Å². The molecule has 24 heavy (non-hydrogen) atoms. The molecule has 4 rings (SSSR count). The molecule has 4 fully saturated rings. The Morgan fingerprint density at radius 2 is 1.62 bits per heavy atom. The molecule has 0 saturated heterocycles. The van der Waals surface area contributed by atoms with Gasteiger partial charge in [-0.15, -0.1) is 0 Å². The summed E-state index contributed by atoms with van der Waals surface area (Å²) in [7, 11) is 0. The Morgan fingerprint density at radius 1 is 1.08 bits per heavy atom. The Balaban J connectivity index is 1.60. The lowest BCUT2D eigenvalue weighted by molar-refractivity contribution is -0.904. The third-order valence-electron chi connectivity index (χ3n) is 6.65. The average Bonchev–Trinajstić information content (AvgIpc) is 2.50. The SMILES string of the molecule is CCNC(=O)C[NH+](CC)[C@H](C)C(=O)NC12CC3CC(CC(C3)C1)C2. The standard InChI is InChI=1S/C19H33N3O2/c1-4-20-17(23)12-22(5-2)13(3)18(24)21-19-9-14-6-15(10-19)8-16(7-14)11-19/h13-16H,4-12H2,1-3H3,(H,20,23)(H,21,24)/p+1/t13-,14?,15?,16?,19?/m1/s1. The van der Waals surface area contributed by atoms with E-state index < -0.39 is 0 Å². The van der Waals surface area contributed by atoms with Gasteiger partial charge in [-0.1, -0.05) is 0 Å². The molecule has 3 N–H and O–H groups in total. The van der Waals surface area contributed by atoms with Crippen LogP contribution in [-0.4, -0.2) is 43.0 Å². The molecule has 0 aromatic rings. The van der Waals surface area contributed by atoms with Crippen LogP contribution in [-0.2, 0) is 9.59 Å². The topological polar surface area (TPSA) is 62.6 Å². The number of rotatable bonds is 7. The second-order valence-corrected chi connectivity index (χ2v) is 8.55. The lowest BCUT2D eigenvalue weighted by Crippen LogP contribution is -3.17. The summed E-state index contributed by atoms with van der Waals surface area (Å²) in [4.78, 5) is 25.8. The first kappa shape index (κ1) is 17.7. The summed E-state index contributed by atoms with van der Waals surface area (Å²) in [5.74, 6) is 2.66. The Morgan fingerprint density at radius 3 is 2.08 bits per heavy atom. The Bertz CT molecular complexity index is 456. The molecule has 4 saturated carbocycles. The molecular weight excluding hydrogens is 302 g/mol. The van der Waals surface area contributed by atoms with Crippen molar-refractivity contribution in [2.45, 2.75) is 70.9 Å². The maximum Gasteiger partial charge on any atom is 0.278 e. The van der Waals surface area contributed by atoms with Gasteiger partial charge in [0.05, 0.1) is 6.54 Å². The minimum absolute atomic E-state index is 0.0313. The second kappa shape index (κ2) is 7.03. The van der Waals surface area contributed by atoms with Crippen molar-refractivity contribution in [2.75, 3.05) is 19.6 Å². The molecule has 0 aromatic carbocycles. The van der Waals surface area contributed by atoms with Crippen LogP contribution in [0.3, 0.4) is 0 Å². The van der Waals surface area contributed by atoms with Crippen LogP contribution in [0.15, 0.2) is 0 Å². The fraction of sp³-hybridized carbons (Fsp3) is 0.895. The molecule has 5 nitrogen and oxygen atoms in total. The summed E-state index contributed by atoms with van der Waals surface area (Å²) in [6.07, 6.45) is 7.68. The number of quaternary nitrogens is 1. The largest absolute Gasteiger partial charge is 0.351 e. The van der Waals surface area contributed by atoms with Gasteiger partial charge in [-0.25, -0.2) is 0 Å². The highest BCUT2D eigenvalue weighted by Crippen LogP contribution is 2.55. The molecule has 136 valence electrons. The molecule has 0 heterocycles. The highest BCUT2D eigenvalue weighted by molar-refractivity contribution is 5.81. The van der Waals surface area contributed by atoms with E-state index in [2.05, 4.69) is 10.6 Å². The Labute approximate surface area is 145 Å². The van der Waals surface area contributed by atoms with E-state index >= 15 is 0 Å². The molecule has 2 atom stereocenters. The van der Waals surface area contributed by atoms with E-state index in [4.69, 9.17) is 0 Å². The van der Waals surface area contributed by atoms with E-state index in [0.717, 1.165) is 29.2 Å². The summed E-state index contributed by atoms with van der Waals surface area (Å²) in [5.41, 5.74) is 0.0601. The minimum atomic E-state index is -0.175. The summed E-state index contributed by atoms with van der Waals surface area (Å²) in [6, 6.07) is -0.175. The normalized spacial score (nSPS) is 36.2. The first-order chi connectivity index (χ1) is 11.4. The maximum atomic E-state index is 12.9. The second-order valence-electron chi connectivity index (χ2n) is 8.55. The van der Waals surface area contributed by atoms with Crippen molar-refractivity contribution in [2.24, 2.45) is 17.8 Å². The minimum Gasteiger partial charge on any atom is -0.351 e. The predicted molar refractivity (Wildman–Crippen MR) is 93.6 cm³/mol. The number of amides is 2. The monoisotopic (exact) mass is 336 g/mol. The highest BCUT2D eigenvalue weighted by Gasteiger charge is 2.52. The molecule has 0 aliphatic heterocycles. The number of hydrogen-bond acceptors (Lipinski definition) is 2. The number of likely N-dealkylation sites (N-methyl/N-ethyl adjacent to an activating group) is 2. The van der Waals surface area contributed by atoms with E-state index in [0.29, 0.717) is 13.1 Å². The number of hydrogen-bond donors (Lipinski definition) is 3. The van der Waals surface area contributed by atoms with E-state index in [1.807, 2.05) is 20.8 Å². The van der Waals surface area contributed by atoms with E-state index in [1.54, 1.807) is 0 Å². The van der Waals surface area contributed by atoms with Crippen molar-refractivity contribution < 1.29 is 14.5 Å². The molecule has 4 aliphatic rings. The Hall–Kier alpha value is -1.10. The van der Waals surface area contributed by atoms with E-state index in [9.17, 15) is 9.59 Å². The van der Waals surface area contributed by atoms with Crippen molar-refractivity contribution in [1.29, 1.82) is 0 Å². The van der Waals surface area contributed by atoms with Crippen LogP contribution in [0.1, 0.15) is 59.3 Å². The maximum absolute atomic E-state index is 12.9. The number of carbonyl (C=O) groups excluding carboxylic acids is 2. The van der Waals surface area contributed by atoms with Gasteiger partial charge < -0.3 is 15.5 Å². The third-order valence-corrected chi connectivity index (χ3v) is 6.65. The van der Waals surface area contributed by atoms with Crippen LogP contribution in [0.2, 0.25) is 0 Å². The molecule has 0 radical (unpaired) electrons. The molecule has 1 unspecified atom stereocenters. The van der Waals surface area contributed by atoms with Crippen molar-refractivity contribution in [3.05, 3.63) is 0 Å². The Kier molecular flexibility index (Phi) is 5.19. The van der Waals surface area contributed by atoms with E-state index in [1.165, 1.54) is 38.5 Å². The number of nitrogens with one attached hydrogen (secondary N) is 3. The summed E-state index contributed by atoms with van der Waals surface area (Å²) < 4.78 is 0. The highest BCUT2D eigenvalue weighted by atomic mass is 16.2. The van der Waals surface area contributed by atoms with Gasteiger partial charge in [0.1, 0.15) is 0 Å². The molecule has 2 amide bonds. The van der Waals surface area contributed by atoms with Gasteiger partial charge in [-0.2, -0.15) is 0 Å². The average molecular weight is 337 g/mol. The van der Waals surface area contributed by atoms with Crippen LogP contribution in [0.25, 0.3) is 0 Å². The predicted octanol–water partition coefficient (Wildman–Crippen LogP) is 0.501. The molecular formula is C19H34N3O2+. The van der Waals surface area contributed by atoms with Gasteiger partial charge in [0.2, 0.25) is 0 Å². The van der Waals surface area contributed by atoms with Crippen molar-refractivity contribution in [1.82, 2.24) is 10.6 Å². The molecule has 5 heteroatoms. The van der Waals surface area contributed by atoms with Crippen LogP contribution >= 0.6 is 0 Å².